The number of ether oxygens (including phenoxy) is 1. The lowest BCUT2D eigenvalue weighted by Gasteiger charge is -2.17. The van der Waals surface area contributed by atoms with Crippen LogP contribution in [0.4, 0.5) is 0 Å². The number of cyclic esters (lactones) is 1. The molecule has 1 unspecified atom stereocenters. The molecule has 2 nitrogen and oxygen atoms in total. The summed E-state index contributed by atoms with van der Waals surface area (Å²) < 4.78 is 5.58. The van der Waals surface area contributed by atoms with Gasteiger partial charge in [0.1, 0.15) is 6.10 Å². The van der Waals surface area contributed by atoms with Gasteiger partial charge in [-0.1, -0.05) is 31.9 Å². The summed E-state index contributed by atoms with van der Waals surface area (Å²) in [7, 11) is 0. The van der Waals surface area contributed by atoms with Crippen LogP contribution in [-0.4, -0.2) is 12.1 Å². The molecule has 0 bridgehead atoms. The number of carbonyl (C=O) groups is 1. The fraction of sp³-hybridized carbons (Fsp3) is 0.812. The van der Waals surface area contributed by atoms with Crippen molar-refractivity contribution in [3.63, 3.8) is 0 Å². The maximum Gasteiger partial charge on any atom is 0.306 e. The maximum absolute atomic E-state index is 11.7. The SMILES string of the molecule is CCCC1CCCCC/C=C/CCCCC(=O)O1. The van der Waals surface area contributed by atoms with Crippen molar-refractivity contribution in [3.05, 3.63) is 12.2 Å². The quantitative estimate of drug-likeness (QED) is 0.522. The molecular weight excluding hydrogens is 224 g/mol. The summed E-state index contributed by atoms with van der Waals surface area (Å²) in [5.41, 5.74) is 0. The number of hydrogen-bond acceptors (Lipinski definition) is 2. The maximum atomic E-state index is 11.7. The van der Waals surface area contributed by atoms with Crippen LogP contribution in [0.25, 0.3) is 0 Å². The van der Waals surface area contributed by atoms with Gasteiger partial charge in [0, 0.05) is 6.42 Å². The van der Waals surface area contributed by atoms with Gasteiger partial charge >= 0.3 is 5.97 Å². The first-order valence-corrected chi connectivity index (χ1v) is 7.67. The summed E-state index contributed by atoms with van der Waals surface area (Å²) in [6, 6.07) is 0. The third-order valence-corrected chi connectivity index (χ3v) is 3.47. The molecule has 0 saturated heterocycles. The lowest BCUT2D eigenvalue weighted by Crippen LogP contribution is -2.18. The minimum absolute atomic E-state index is 0.00879. The third kappa shape index (κ3) is 7.52. The summed E-state index contributed by atoms with van der Waals surface area (Å²) >= 11 is 0. The van der Waals surface area contributed by atoms with Gasteiger partial charge in [0.15, 0.2) is 0 Å². The molecule has 0 saturated carbocycles. The molecule has 1 aliphatic rings. The minimum Gasteiger partial charge on any atom is -0.462 e. The normalized spacial score (nSPS) is 26.1. The Balaban J connectivity index is 2.39. The van der Waals surface area contributed by atoms with E-state index in [9.17, 15) is 4.79 Å². The molecule has 0 fully saturated rings. The summed E-state index contributed by atoms with van der Waals surface area (Å²) in [4.78, 5) is 11.7. The van der Waals surface area contributed by atoms with Crippen LogP contribution >= 0.6 is 0 Å². The van der Waals surface area contributed by atoms with Crippen molar-refractivity contribution in [2.45, 2.75) is 83.7 Å². The van der Waals surface area contributed by atoms with E-state index in [-0.39, 0.29) is 12.1 Å². The molecule has 1 aliphatic heterocycles. The Labute approximate surface area is 112 Å². The lowest BCUT2D eigenvalue weighted by atomic mass is 10.0. The third-order valence-electron chi connectivity index (χ3n) is 3.47. The highest BCUT2D eigenvalue weighted by Crippen LogP contribution is 2.15. The molecule has 1 rings (SSSR count). The van der Waals surface area contributed by atoms with E-state index in [0.29, 0.717) is 6.42 Å². The second kappa shape index (κ2) is 10.2. The van der Waals surface area contributed by atoms with Crippen molar-refractivity contribution in [2.75, 3.05) is 0 Å². The highest BCUT2D eigenvalue weighted by molar-refractivity contribution is 5.69. The zero-order valence-electron chi connectivity index (χ0n) is 11.8. The van der Waals surface area contributed by atoms with Crippen LogP contribution in [0.2, 0.25) is 0 Å². The van der Waals surface area contributed by atoms with Crippen LogP contribution in [0, 0.1) is 0 Å². The van der Waals surface area contributed by atoms with E-state index in [1.807, 2.05) is 0 Å². The van der Waals surface area contributed by atoms with Crippen LogP contribution in [-0.2, 0) is 9.53 Å². The van der Waals surface area contributed by atoms with E-state index in [1.54, 1.807) is 0 Å². The molecule has 18 heavy (non-hydrogen) atoms. The Hall–Kier alpha value is -0.790. The van der Waals surface area contributed by atoms with Crippen LogP contribution < -0.4 is 0 Å². The minimum atomic E-state index is 0.00879. The van der Waals surface area contributed by atoms with Crippen LogP contribution in [0.5, 0.6) is 0 Å². The molecule has 0 aromatic rings. The number of carbonyl (C=O) groups excluding carboxylic acids is 1. The summed E-state index contributed by atoms with van der Waals surface area (Å²) in [5.74, 6) is 0.00879. The smallest absolute Gasteiger partial charge is 0.306 e. The highest BCUT2D eigenvalue weighted by Gasteiger charge is 2.13. The Bertz CT molecular complexity index is 245. The molecule has 0 spiro atoms. The van der Waals surface area contributed by atoms with Crippen molar-refractivity contribution in [2.24, 2.45) is 0 Å². The Morgan fingerprint density at radius 1 is 1.11 bits per heavy atom. The molecule has 0 aromatic carbocycles. The lowest BCUT2D eigenvalue weighted by molar-refractivity contribution is -0.150. The fourth-order valence-electron chi connectivity index (χ4n) is 2.41. The molecule has 0 amide bonds. The van der Waals surface area contributed by atoms with E-state index in [0.717, 1.165) is 38.5 Å². The second-order valence-electron chi connectivity index (χ2n) is 5.26. The van der Waals surface area contributed by atoms with E-state index >= 15 is 0 Å². The first-order chi connectivity index (χ1) is 8.83. The van der Waals surface area contributed by atoms with Gasteiger partial charge in [-0.2, -0.15) is 0 Å². The predicted octanol–water partition coefficient (Wildman–Crippen LogP) is 4.78. The molecule has 0 N–H and O–H groups in total. The Morgan fingerprint density at radius 2 is 1.83 bits per heavy atom. The average Bonchev–Trinajstić information content (AvgIpc) is 2.35. The molecule has 0 aliphatic carbocycles. The highest BCUT2D eigenvalue weighted by atomic mass is 16.5. The van der Waals surface area contributed by atoms with Gasteiger partial charge in [-0.05, 0) is 51.4 Å². The van der Waals surface area contributed by atoms with Crippen molar-refractivity contribution in [3.8, 4) is 0 Å². The van der Waals surface area contributed by atoms with E-state index < -0.39 is 0 Å². The molecule has 0 aromatic heterocycles. The molecule has 1 atom stereocenters. The Kier molecular flexibility index (Phi) is 8.62. The summed E-state index contributed by atoms with van der Waals surface area (Å²) in [5, 5.41) is 0. The van der Waals surface area contributed by atoms with Gasteiger partial charge in [0.05, 0.1) is 0 Å². The zero-order valence-corrected chi connectivity index (χ0v) is 11.8. The second-order valence-corrected chi connectivity index (χ2v) is 5.26. The summed E-state index contributed by atoms with van der Waals surface area (Å²) in [6.07, 6.45) is 16.6. The summed E-state index contributed by atoms with van der Waals surface area (Å²) in [6.45, 7) is 2.16. The number of hydrogen-bond donors (Lipinski definition) is 0. The number of allylic oxidation sites excluding steroid dienone is 2. The van der Waals surface area contributed by atoms with Gasteiger partial charge in [-0.15, -0.1) is 0 Å². The van der Waals surface area contributed by atoms with Crippen molar-refractivity contribution in [1.82, 2.24) is 0 Å². The van der Waals surface area contributed by atoms with Gasteiger partial charge < -0.3 is 4.74 Å². The fourth-order valence-corrected chi connectivity index (χ4v) is 2.41. The first-order valence-electron chi connectivity index (χ1n) is 7.67. The van der Waals surface area contributed by atoms with Gasteiger partial charge in [0.2, 0.25) is 0 Å². The monoisotopic (exact) mass is 252 g/mol. The van der Waals surface area contributed by atoms with E-state index in [1.165, 1.54) is 25.7 Å². The molecular formula is C16H28O2. The van der Waals surface area contributed by atoms with E-state index in [2.05, 4.69) is 19.1 Å². The largest absolute Gasteiger partial charge is 0.462 e. The van der Waals surface area contributed by atoms with Crippen LogP contribution in [0.1, 0.15) is 77.6 Å². The molecule has 0 radical (unpaired) electrons. The van der Waals surface area contributed by atoms with Gasteiger partial charge in [-0.25, -0.2) is 0 Å². The standard InChI is InChI=1S/C16H28O2/c1-2-12-15-13-10-8-6-4-3-5-7-9-11-14-16(17)18-15/h3,5,15H,2,4,6-14H2,1H3/b5-3+. The van der Waals surface area contributed by atoms with Crippen molar-refractivity contribution < 1.29 is 9.53 Å². The number of esters is 1. The van der Waals surface area contributed by atoms with Gasteiger partial charge in [0.25, 0.3) is 0 Å². The van der Waals surface area contributed by atoms with Gasteiger partial charge in [-0.3, -0.25) is 4.79 Å². The molecule has 104 valence electrons. The van der Waals surface area contributed by atoms with E-state index in [4.69, 9.17) is 4.74 Å². The topological polar surface area (TPSA) is 26.3 Å². The van der Waals surface area contributed by atoms with Crippen molar-refractivity contribution >= 4 is 5.97 Å². The Morgan fingerprint density at radius 3 is 2.56 bits per heavy atom. The molecule has 2 heteroatoms. The average molecular weight is 252 g/mol. The molecule has 1 heterocycles. The zero-order chi connectivity index (χ0) is 13.1. The van der Waals surface area contributed by atoms with Crippen LogP contribution in [0.15, 0.2) is 12.2 Å². The number of rotatable bonds is 2. The van der Waals surface area contributed by atoms with Crippen LogP contribution in [0.3, 0.4) is 0 Å². The first kappa shape index (κ1) is 15.3. The van der Waals surface area contributed by atoms with Crippen molar-refractivity contribution in [1.29, 1.82) is 0 Å². The predicted molar refractivity (Wildman–Crippen MR) is 75.5 cm³/mol.